The Morgan fingerprint density at radius 2 is 1.46 bits per heavy atom. The number of hydrogen-bond donors (Lipinski definition) is 1. The Labute approximate surface area is 83.5 Å². The normalized spacial score (nSPS) is 18.2. The molecule has 80 valence electrons. The van der Waals surface area contributed by atoms with Crippen LogP contribution in [0.1, 0.15) is 59.8 Å². The van der Waals surface area contributed by atoms with E-state index in [2.05, 4.69) is 27.7 Å². The molecule has 0 aromatic rings. The quantitative estimate of drug-likeness (QED) is 0.644. The summed E-state index contributed by atoms with van der Waals surface area (Å²) in [5.41, 5.74) is 0. The summed E-state index contributed by atoms with van der Waals surface area (Å²) in [5, 5.41) is 9.94. The van der Waals surface area contributed by atoms with Crippen LogP contribution in [0, 0.1) is 11.8 Å². The van der Waals surface area contributed by atoms with Crippen LogP contribution in [0.15, 0.2) is 0 Å². The van der Waals surface area contributed by atoms with Gasteiger partial charge in [-0.25, -0.2) is 0 Å². The van der Waals surface area contributed by atoms with Gasteiger partial charge in [0, 0.05) is 0 Å². The van der Waals surface area contributed by atoms with Crippen molar-refractivity contribution in [1.82, 2.24) is 0 Å². The third-order valence-corrected chi connectivity index (χ3v) is 2.92. The largest absolute Gasteiger partial charge is 0.393 e. The maximum atomic E-state index is 9.94. The highest BCUT2D eigenvalue weighted by molar-refractivity contribution is 4.70. The summed E-state index contributed by atoms with van der Waals surface area (Å²) in [6.45, 7) is 8.72. The fourth-order valence-electron chi connectivity index (χ4n) is 1.88. The van der Waals surface area contributed by atoms with E-state index in [9.17, 15) is 5.11 Å². The highest BCUT2D eigenvalue weighted by atomic mass is 16.3. The van der Waals surface area contributed by atoms with Gasteiger partial charge in [-0.05, 0) is 24.7 Å². The molecule has 0 spiro atoms. The molecule has 0 aliphatic rings. The van der Waals surface area contributed by atoms with Crippen molar-refractivity contribution in [2.45, 2.75) is 65.9 Å². The highest BCUT2D eigenvalue weighted by Gasteiger charge is 2.19. The van der Waals surface area contributed by atoms with Crippen molar-refractivity contribution in [3.63, 3.8) is 0 Å². The second kappa shape index (κ2) is 7.37. The molecule has 0 fully saturated rings. The lowest BCUT2D eigenvalue weighted by Crippen LogP contribution is -2.25. The van der Waals surface area contributed by atoms with Gasteiger partial charge in [0.05, 0.1) is 6.10 Å². The minimum atomic E-state index is -0.0912. The van der Waals surface area contributed by atoms with Crippen LogP contribution >= 0.6 is 0 Å². The van der Waals surface area contributed by atoms with E-state index in [1.807, 2.05) is 0 Å². The molecule has 0 amide bonds. The van der Waals surface area contributed by atoms with Gasteiger partial charge in [-0.2, -0.15) is 0 Å². The number of hydrogen-bond acceptors (Lipinski definition) is 1. The van der Waals surface area contributed by atoms with Crippen molar-refractivity contribution in [2.75, 3.05) is 0 Å². The Balaban J connectivity index is 3.71. The third-order valence-electron chi connectivity index (χ3n) is 2.92. The first-order valence-electron chi connectivity index (χ1n) is 5.81. The summed E-state index contributed by atoms with van der Waals surface area (Å²) >= 11 is 0. The first-order valence-corrected chi connectivity index (χ1v) is 5.81. The van der Waals surface area contributed by atoms with Crippen LogP contribution < -0.4 is 0 Å². The molecule has 0 bridgehead atoms. The summed E-state index contributed by atoms with van der Waals surface area (Å²) in [7, 11) is 0. The van der Waals surface area contributed by atoms with Crippen LogP contribution in [0.25, 0.3) is 0 Å². The molecule has 1 heteroatoms. The lowest BCUT2D eigenvalue weighted by Gasteiger charge is -2.24. The number of rotatable bonds is 7. The fourth-order valence-corrected chi connectivity index (χ4v) is 1.88. The SMILES string of the molecule is CCCC[C@@H](C)C(O)C(C)CCC. The van der Waals surface area contributed by atoms with Crippen LogP contribution in [-0.4, -0.2) is 11.2 Å². The zero-order valence-corrected chi connectivity index (χ0v) is 9.71. The van der Waals surface area contributed by atoms with Gasteiger partial charge in [-0.1, -0.05) is 47.0 Å². The van der Waals surface area contributed by atoms with Crippen molar-refractivity contribution >= 4 is 0 Å². The Hall–Kier alpha value is -0.0400. The molecule has 0 aromatic carbocycles. The molecule has 3 atom stereocenters. The van der Waals surface area contributed by atoms with Gasteiger partial charge < -0.3 is 5.11 Å². The Morgan fingerprint density at radius 1 is 0.923 bits per heavy atom. The summed E-state index contributed by atoms with van der Waals surface area (Å²) in [5.74, 6) is 0.943. The van der Waals surface area contributed by atoms with E-state index in [0.29, 0.717) is 11.8 Å². The van der Waals surface area contributed by atoms with Crippen LogP contribution in [-0.2, 0) is 0 Å². The van der Waals surface area contributed by atoms with E-state index < -0.39 is 0 Å². The maximum Gasteiger partial charge on any atom is 0.0591 e. The van der Waals surface area contributed by atoms with Gasteiger partial charge in [0.2, 0.25) is 0 Å². The zero-order valence-electron chi connectivity index (χ0n) is 9.71. The molecular formula is C12H26O. The van der Waals surface area contributed by atoms with Gasteiger partial charge in [0.15, 0.2) is 0 Å². The predicted octanol–water partition coefficient (Wildman–Crippen LogP) is 3.61. The third kappa shape index (κ3) is 5.30. The first kappa shape index (κ1) is 13.0. The maximum absolute atomic E-state index is 9.94. The zero-order chi connectivity index (χ0) is 10.3. The van der Waals surface area contributed by atoms with E-state index in [-0.39, 0.29) is 6.10 Å². The fraction of sp³-hybridized carbons (Fsp3) is 1.00. The Morgan fingerprint density at radius 3 is 1.92 bits per heavy atom. The van der Waals surface area contributed by atoms with Gasteiger partial charge in [-0.15, -0.1) is 0 Å². The standard InChI is InChI=1S/C12H26O/c1-5-7-9-11(4)12(13)10(3)8-6-2/h10-13H,5-9H2,1-4H3/t10?,11-,12?/m1/s1. The van der Waals surface area contributed by atoms with Gasteiger partial charge in [-0.3, -0.25) is 0 Å². The van der Waals surface area contributed by atoms with Gasteiger partial charge >= 0.3 is 0 Å². The molecule has 0 rings (SSSR count). The Kier molecular flexibility index (Phi) is 7.35. The van der Waals surface area contributed by atoms with Crippen molar-refractivity contribution in [3.8, 4) is 0 Å². The molecule has 0 saturated carbocycles. The molecule has 0 aromatic heterocycles. The number of aliphatic hydroxyl groups is 1. The van der Waals surface area contributed by atoms with Crippen molar-refractivity contribution in [3.05, 3.63) is 0 Å². The van der Waals surface area contributed by atoms with E-state index in [1.165, 1.54) is 25.7 Å². The molecular weight excluding hydrogens is 160 g/mol. The highest BCUT2D eigenvalue weighted by Crippen LogP contribution is 2.21. The molecule has 1 nitrogen and oxygen atoms in total. The molecule has 0 heterocycles. The van der Waals surface area contributed by atoms with Crippen LogP contribution in [0.4, 0.5) is 0 Å². The van der Waals surface area contributed by atoms with E-state index in [1.54, 1.807) is 0 Å². The lowest BCUT2D eigenvalue weighted by atomic mass is 9.87. The van der Waals surface area contributed by atoms with Crippen molar-refractivity contribution in [1.29, 1.82) is 0 Å². The number of unbranched alkanes of at least 4 members (excludes halogenated alkanes) is 1. The smallest absolute Gasteiger partial charge is 0.0591 e. The van der Waals surface area contributed by atoms with Crippen molar-refractivity contribution < 1.29 is 5.11 Å². The van der Waals surface area contributed by atoms with Crippen LogP contribution in [0.5, 0.6) is 0 Å². The second-order valence-electron chi connectivity index (χ2n) is 4.38. The molecule has 13 heavy (non-hydrogen) atoms. The molecule has 0 radical (unpaired) electrons. The average molecular weight is 186 g/mol. The first-order chi connectivity index (χ1) is 6.13. The van der Waals surface area contributed by atoms with Gasteiger partial charge in [0.25, 0.3) is 0 Å². The van der Waals surface area contributed by atoms with Crippen LogP contribution in [0.2, 0.25) is 0 Å². The minimum absolute atomic E-state index is 0.0912. The van der Waals surface area contributed by atoms with E-state index >= 15 is 0 Å². The van der Waals surface area contributed by atoms with Gasteiger partial charge in [0.1, 0.15) is 0 Å². The van der Waals surface area contributed by atoms with E-state index in [0.717, 1.165) is 6.42 Å². The monoisotopic (exact) mass is 186 g/mol. The molecule has 1 N–H and O–H groups in total. The Bertz CT molecular complexity index is 112. The summed E-state index contributed by atoms with van der Waals surface area (Å²) in [4.78, 5) is 0. The predicted molar refractivity (Wildman–Crippen MR) is 58.8 cm³/mol. The summed E-state index contributed by atoms with van der Waals surface area (Å²) < 4.78 is 0. The van der Waals surface area contributed by atoms with Crippen LogP contribution in [0.3, 0.4) is 0 Å². The number of aliphatic hydroxyl groups excluding tert-OH is 1. The van der Waals surface area contributed by atoms with Crippen molar-refractivity contribution in [2.24, 2.45) is 11.8 Å². The van der Waals surface area contributed by atoms with E-state index in [4.69, 9.17) is 0 Å². The molecule has 0 saturated heterocycles. The average Bonchev–Trinajstić information content (AvgIpc) is 2.13. The topological polar surface area (TPSA) is 20.2 Å². The second-order valence-corrected chi connectivity index (χ2v) is 4.38. The summed E-state index contributed by atoms with van der Waals surface area (Å²) in [6, 6.07) is 0. The summed E-state index contributed by atoms with van der Waals surface area (Å²) in [6.07, 6.45) is 5.89. The minimum Gasteiger partial charge on any atom is -0.393 e. The molecule has 0 aliphatic heterocycles. The molecule has 2 unspecified atom stereocenters. The molecule has 0 aliphatic carbocycles. The lowest BCUT2D eigenvalue weighted by molar-refractivity contribution is 0.0563.